The molecular formula is C13H30N2O. The lowest BCUT2D eigenvalue weighted by Gasteiger charge is -2.24. The fourth-order valence-corrected chi connectivity index (χ4v) is 1.49. The summed E-state index contributed by atoms with van der Waals surface area (Å²) >= 11 is 0. The predicted molar refractivity (Wildman–Crippen MR) is 70.7 cm³/mol. The van der Waals surface area contributed by atoms with Crippen LogP contribution in [0.25, 0.3) is 0 Å². The van der Waals surface area contributed by atoms with Crippen LogP contribution in [0.5, 0.6) is 0 Å². The SMILES string of the molecule is CC(C)OCCN(C)CCCC(C)(C)CN. The van der Waals surface area contributed by atoms with Gasteiger partial charge in [-0.2, -0.15) is 0 Å². The first-order valence-electron chi connectivity index (χ1n) is 6.37. The quantitative estimate of drug-likeness (QED) is 0.659. The van der Waals surface area contributed by atoms with Crippen molar-refractivity contribution in [2.45, 2.75) is 46.6 Å². The van der Waals surface area contributed by atoms with Gasteiger partial charge in [-0.15, -0.1) is 0 Å². The van der Waals surface area contributed by atoms with Crippen molar-refractivity contribution in [3.05, 3.63) is 0 Å². The molecule has 16 heavy (non-hydrogen) atoms. The lowest BCUT2D eigenvalue weighted by Crippen LogP contribution is -2.28. The van der Waals surface area contributed by atoms with Crippen molar-refractivity contribution in [3.63, 3.8) is 0 Å². The van der Waals surface area contributed by atoms with E-state index in [-0.39, 0.29) is 5.41 Å². The average Bonchev–Trinajstić information content (AvgIpc) is 2.17. The van der Waals surface area contributed by atoms with Gasteiger partial charge in [0.25, 0.3) is 0 Å². The Morgan fingerprint density at radius 1 is 1.25 bits per heavy atom. The zero-order valence-corrected chi connectivity index (χ0v) is 11.8. The van der Waals surface area contributed by atoms with E-state index in [0.29, 0.717) is 6.10 Å². The monoisotopic (exact) mass is 230 g/mol. The summed E-state index contributed by atoms with van der Waals surface area (Å²) in [6.07, 6.45) is 2.74. The van der Waals surface area contributed by atoms with Crippen molar-refractivity contribution in [1.29, 1.82) is 0 Å². The number of hydrogen-bond donors (Lipinski definition) is 1. The topological polar surface area (TPSA) is 38.5 Å². The maximum atomic E-state index is 5.70. The summed E-state index contributed by atoms with van der Waals surface area (Å²) in [6, 6.07) is 0. The van der Waals surface area contributed by atoms with E-state index in [2.05, 4.69) is 39.6 Å². The molecule has 0 spiro atoms. The average molecular weight is 230 g/mol. The van der Waals surface area contributed by atoms with Gasteiger partial charge in [0.2, 0.25) is 0 Å². The highest BCUT2D eigenvalue weighted by atomic mass is 16.5. The minimum absolute atomic E-state index is 0.287. The molecule has 0 radical (unpaired) electrons. The molecule has 0 bridgehead atoms. The Labute approximate surface area is 101 Å². The third-order valence-corrected chi connectivity index (χ3v) is 2.87. The first kappa shape index (κ1) is 15.9. The molecule has 0 atom stereocenters. The lowest BCUT2D eigenvalue weighted by atomic mass is 9.88. The summed E-state index contributed by atoms with van der Waals surface area (Å²) in [4.78, 5) is 2.33. The standard InChI is InChI=1S/C13H30N2O/c1-12(2)16-10-9-15(5)8-6-7-13(3,4)11-14/h12H,6-11,14H2,1-5H3. The highest BCUT2D eigenvalue weighted by molar-refractivity contribution is 4.69. The third kappa shape index (κ3) is 9.13. The van der Waals surface area contributed by atoms with Crippen LogP contribution in [0, 0.1) is 5.41 Å². The molecule has 0 aliphatic carbocycles. The van der Waals surface area contributed by atoms with Crippen LogP contribution in [0.3, 0.4) is 0 Å². The summed E-state index contributed by atoms with van der Waals surface area (Å²) in [7, 11) is 2.15. The van der Waals surface area contributed by atoms with Gasteiger partial charge in [-0.05, 0) is 52.2 Å². The van der Waals surface area contributed by atoms with Crippen LogP contribution >= 0.6 is 0 Å². The van der Waals surface area contributed by atoms with Gasteiger partial charge in [-0.1, -0.05) is 13.8 Å². The summed E-state index contributed by atoms with van der Waals surface area (Å²) < 4.78 is 5.52. The zero-order chi connectivity index (χ0) is 12.6. The molecule has 0 aliphatic rings. The van der Waals surface area contributed by atoms with Gasteiger partial charge < -0.3 is 15.4 Å². The van der Waals surface area contributed by atoms with Gasteiger partial charge in [-0.25, -0.2) is 0 Å². The van der Waals surface area contributed by atoms with Gasteiger partial charge in [0.15, 0.2) is 0 Å². The van der Waals surface area contributed by atoms with Crippen LogP contribution in [0.15, 0.2) is 0 Å². The molecule has 3 nitrogen and oxygen atoms in total. The van der Waals surface area contributed by atoms with Gasteiger partial charge in [0.1, 0.15) is 0 Å². The Morgan fingerprint density at radius 3 is 2.38 bits per heavy atom. The smallest absolute Gasteiger partial charge is 0.0596 e. The number of likely N-dealkylation sites (N-methyl/N-ethyl adjacent to an activating group) is 1. The van der Waals surface area contributed by atoms with E-state index in [9.17, 15) is 0 Å². The predicted octanol–water partition coefficient (Wildman–Crippen LogP) is 2.11. The van der Waals surface area contributed by atoms with Crippen molar-refractivity contribution in [1.82, 2.24) is 4.90 Å². The second-order valence-corrected chi connectivity index (χ2v) is 5.69. The number of hydrogen-bond acceptors (Lipinski definition) is 3. The van der Waals surface area contributed by atoms with E-state index in [1.807, 2.05) is 0 Å². The Hall–Kier alpha value is -0.120. The fourth-order valence-electron chi connectivity index (χ4n) is 1.49. The molecule has 0 amide bonds. The summed E-state index contributed by atoms with van der Waals surface area (Å²) in [5.41, 5.74) is 5.99. The van der Waals surface area contributed by atoms with E-state index in [4.69, 9.17) is 10.5 Å². The van der Waals surface area contributed by atoms with Crippen LogP contribution in [0.4, 0.5) is 0 Å². The molecule has 2 N–H and O–H groups in total. The summed E-state index contributed by atoms with van der Waals surface area (Å²) in [6.45, 7) is 12.4. The normalized spacial score (nSPS) is 12.8. The molecule has 0 aromatic carbocycles. The second-order valence-electron chi connectivity index (χ2n) is 5.69. The number of rotatable bonds is 9. The number of nitrogens with two attached hydrogens (primary N) is 1. The molecule has 0 fully saturated rings. The zero-order valence-electron chi connectivity index (χ0n) is 11.8. The first-order valence-corrected chi connectivity index (χ1v) is 6.37. The highest BCUT2D eigenvalue weighted by Crippen LogP contribution is 2.19. The van der Waals surface area contributed by atoms with E-state index >= 15 is 0 Å². The van der Waals surface area contributed by atoms with Crippen molar-refractivity contribution in [2.75, 3.05) is 33.3 Å². The molecule has 0 aromatic rings. The molecule has 0 heterocycles. The Balaban J connectivity index is 3.47. The van der Waals surface area contributed by atoms with Gasteiger partial charge in [-0.3, -0.25) is 0 Å². The van der Waals surface area contributed by atoms with E-state index in [1.54, 1.807) is 0 Å². The largest absolute Gasteiger partial charge is 0.377 e. The summed E-state index contributed by atoms with van der Waals surface area (Å²) in [5, 5.41) is 0. The van der Waals surface area contributed by atoms with Crippen molar-refractivity contribution in [2.24, 2.45) is 11.1 Å². The van der Waals surface area contributed by atoms with Crippen molar-refractivity contribution < 1.29 is 4.74 Å². The minimum atomic E-state index is 0.287. The third-order valence-electron chi connectivity index (χ3n) is 2.87. The molecule has 0 rings (SSSR count). The van der Waals surface area contributed by atoms with Gasteiger partial charge in [0, 0.05) is 6.54 Å². The van der Waals surface area contributed by atoms with Crippen LogP contribution in [-0.2, 0) is 4.74 Å². The number of ether oxygens (including phenoxy) is 1. The van der Waals surface area contributed by atoms with Gasteiger partial charge in [0.05, 0.1) is 12.7 Å². The number of nitrogens with zero attached hydrogens (tertiary/aromatic N) is 1. The molecule has 0 saturated carbocycles. The Bertz CT molecular complexity index is 169. The second kappa shape index (κ2) is 8.04. The van der Waals surface area contributed by atoms with Gasteiger partial charge >= 0.3 is 0 Å². The van der Waals surface area contributed by atoms with Crippen LogP contribution in [-0.4, -0.2) is 44.3 Å². The highest BCUT2D eigenvalue weighted by Gasteiger charge is 2.14. The molecule has 0 aliphatic heterocycles. The van der Waals surface area contributed by atoms with Crippen molar-refractivity contribution in [3.8, 4) is 0 Å². The molecule has 0 unspecified atom stereocenters. The van der Waals surface area contributed by atoms with Crippen molar-refractivity contribution >= 4 is 0 Å². The maximum absolute atomic E-state index is 5.70. The molecule has 98 valence electrons. The Morgan fingerprint density at radius 2 is 1.88 bits per heavy atom. The summed E-state index contributed by atoms with van der Waals surface area (Å²) in [5.74, 6) is 0. The molecule has 0 aromatic heterocycles. The van der Waals surface area contributed by atoms with Crippen LogP contribution < -0.4 is 5.73 Å². The molecule has 0 saturated heterocycles. The van der Waals surface area contributed by atoms with E-state index < -0.39 is 0 Å². The lowest BCUT2D eigenvalue weighted by molar-refractivity contribution is 0.0632. The van der Waals surface area contributed by atoms with Crippen LogP contribution in [0.1, 0.15) is 40.5 Å². The minimum Gasteiger partial charge on any atom is -0.377 e. The van der Waals surface area contributed by atoms with E-state index in [0.717, 1.165) is 26.2 Å². The Kier molecular flexibility index (Phi) is 7.98. The fraction of sp³-hybridized carbons (Fsp3) is 1.00. The van der Waals surface area contributed by atoms with Crippen LogP contribution in [0.2, 0.25) is 0 Å². The first-order chi connectivity index (χ1) is 7.37. The van der Waals surface area contributed by atoms with E-state index in [1.165, 1.54) is 12.8 Å². The molecule has 3 heteroatoms. The maximum Gasteiger partial charge on any atom is 0.0596 e. The molecular weight excluding hydrogens is 200 g/mol.